The SMILES string of the molecule is CCCCOC(CC)C(N)=NO. The van der Waals surface area contributed by atoms with Crippen LogP contribution < -0.4 is 5.73 Å². The molecule has 12 heavy (non-hydrogen) atoms. The van der Waals surface area contributed by atoms with E-state index >= 15 is 0 Å². The van der Waals surface area contributed by atoms with Crippen LogP contribution in [-0.4, -0.2) is 23.8 Å². The number of hydrogen-bond acceptors (Lipinski definition) is 3. The van der Waals surface area contributed by atoms with Crippen LogP contribution in [0.4, 0.5) is 0 Å². The monoisotopic (exact) mass is 174 g/mol. The van der Waals surface area contributed by atoms with E-state index in [1.165, 1.54) is 0 Å². The molecule has 0 amide bonds. The van der Waals surface area contributed by atoms with Crippen molar-refractivity contribution >= 4 is 5.84 Å². The number of oxime groups is 1. The van der Waals surface area contributed by atoms with Crippen molar-refractivity contribution in [1.29, 1.82) is 0 Å². The standard InChI is InChI=1S/C8H18N2O2/c1-3-5-6-12-7(4-2)8(9)10-11/h7,11H,3-6H2,1-2H3,(H2,9,10). The fourth-order valence-electron chi connectivity index (χ4n) is 0.847. The maximum absolute atomic E-state index is 8.38. The van der Waals surface area contributed by atoms with Gasteiger partial charge in [-0.3, -0.25) is 0 Å². The summed E-state index contributed by atoms with van der Waals surface area (Å²) in [7, 11) is 0. The molecule has 0 aliphatic rings. The van der Waals surface area contributed by atoms with E-state index in [2.05, 4.69) is 12.1 Å². The van der Waals surface area contributed by atoms with Gasteiger partial charge >= 0.3 is 0 Å². The topological polar surface area (TPSA) is 67.8 Å². The minimum Gasteiger partial charge on any atom is -0.409 e. The van der Waals surface area contributed by atoms with Gasteiger partial charge in [-0.1, -0.05) is 25.4 Å². The van der Waals surface area contributed by atoms with Crippen molar-refractivity contribution in [1.82, 2.24) is 0 Å². The van der Waals surface area contributed by atoms with E-state index in [0.717, 1.165) is 19.3 Å². The van der Waals surface area contributed by atoms with E-state index in [0.29, 0.717) is 6.61 Å². The van der Waals surface area contributed by atoms with Crippen LogP contribution in [0.1, 0.15) is 33.1 Å². The van der Waals surface area contributed by atoms with Crippen LogP contribution in [0.5, 0.6) is 0 Å². The summed E-state index contributed by atoms with van der Waals surface area (Å²) in [4.78, 5) is 0. The fraction of sp³-hybridized carbons (Fsp3) is 0.875. The summed E-state index contributed by atoms with van der Waals surface area (Å²) in [5, 5.41) is 11.3. The quantitative estimate of drug-likeness (QED) is 0.210. The van der Waals surface area contributed by atoms with Crippen LogP contribution in [0.25, 0.3) is 0 Å². The number of rotatable bonds is 6. The summed E-state index contributed by atoms with van der Waals surface area (Å²) in [5.74, 6) is 0.161. The maximum atomic E-state index is 8.38. The summed E-state index contributed by atoms with van der Waals surface area (Å²) in [5.41, 5.74) is 5.38. The maximum Gasteiger partial charge on any atom is 0.168 e. The Balaban J connectivity index is 3.68. The van der Waals surface area contributed by atoms with Gasteiger partial charge in [-0.15, -0.1) is 0 Å². The van der Waals surface area contributed by atoms with Crippen LogP contribution in [0.15, 0.2) is 5.16 Å². The number of ether oxygens (including phenoxy) is 1. The molecule has 0 aliphatic carbocycles. The molecule has 4 heteroatoms. The molecule has 0 aromatic rings. The Bertz CT molecular complexity index is 137. The second kappa shape index (κ2) is 6.91. The van der Waals surface area contributed by atoms with Crippen LogP contribution in [0.2, 0.25) is 0 Å². The molecule has 0 aliphatic heterocycles. The van der Waals surface area contributed by atoms with Gasteiger partial charge < -0.3 is 15.7 Å². The molecule has 4 nitrogen and oxygen atoms in total. The summed E-state index contributed by atoms with van der Waals surface area (Å²) >= 11 is 0. The summed E-state index contributed by atoms with van der Waals surface area (Å²) < 4.78 is 5.37. The van der Waals surface area contributed by atoms with Crippen molar-refractivity contribution in [2.24, 2.45) is 10.9 Å². The predicted octanol–water partition coefficient (Wildman–Crippen LogP) is 1.33. The average molecular weight is 174 g/mol. The lowest BCUT2D eigenvalue weighted by molar-refractivity contribution is 0.0895. The molecule has 1 unspecified atom stereocenters. The first kappa shape index (κ1) is 11.2. The second-order valence-electron chi connectivity index (χ2n) is 2.65. The van der Waals surface area contributed by atoms with Crippen LogP contribution in [0, 0.1) is 0 Å². The average Bonchev–Trinajstić information content (AvgIpc) is 2.11. The van der Waals surface area contributed by atoms with E-state index in [-0.39, 0.29) is 11.9 Å². The minimum absolute atomic E-state index is 0.161. The molecule has 3 N–H and O–H groups in total. The predicted molar refractivity (Wildman–Crippen MR) is 48.3 cm³/mol. The van der Waals surface area contributed by atoms with Crippen molar-refractivity contribution in [3.63, 3.8) is 0 Å². The Morgan fingerprint density at radius 1 is 1.58 bits per heavy atom. The highest BCUT2D eigenvalue weighted by Crippen LogP contribution is 2.00. The first-order chi connectivity index (χ1) is 5.76. The van der Waals surface area contributed by atoms with Crippen LogP contribution >= 0.6 is 0 Å². The summed E-state index contributed by atoms with van der Waals surface area (Å²) in [6.07, 6.45) is 2.60. The molecule has 0 rings (SSSR count). The van der Waals surface area contributed by atoms with Gasteiger partial charge in [0.15, 0.2) is 5.84 Å². The van der Waals surface area contributed by atoms with Crippen molar-refractivity contribution in [2.75, 3.05) is 6.61 Å². The zero-order chi connectivity index (χ0) is 9.40. The Labute approximate surface area is 73.4 Å². The third-order valence-electron chi connectivity index (χ3n) is 1.63. The number of unbranched alkanes of at least 4 members (excludes halogenated alkanes) is 1. The summed E-state index contributed by atoms with van der Waals surface area (Å²) in [6, 6.07) is 0. The number of nitrogens with zero attached hydrogens (tertiary/aromatic N) is 1. The van der Waals surface area contributed by atoms with Gasteiger partial charge in [-0.25, -0.2) is 0 Å². The summed E-state index contributed by atoms with van der Waals surface area (Å²) in [6.45, 7) is 4.70. The first-order valence-corrected chi connectivity index (χ1v) is 4.35. The minimum atomic E-state index is -0.235. The van der Waals surface area contributed by atoms with Crippen LogP contribution in [-0.2, 0) is 4.74 Å². The number of amidine groups is 1. The Morgan fingerprint density at radius 3 is 2.67 bits per heavy atom. The molecule has 0 saturated heterocycles. The third kappa shape index (κ3) is 4.18. The molecule has 0 heterocycles. The van der Waals surface area contributed by atoms with Crippen molar-refractivity contribution in [2.45, 2.75) is 39.2 Å². The van der Waals surface area contributed by atoms with E-state index in [4.69, 9.17) is 15.7 Å². The van der Waals surface area contributed by atoms with Crippen molar-refractivity contribution in [3.05, 3.63) is 0 Å². The lowest BCUT2D eigenvalue weighted by Gasteiger charge is -2.13. The van der Waals surface area contributed by atoms with Crippen molar-refractivity contribution in [3.8, 4) is 0 Å². The van der Waals surface area contributed by atoms with Crippen molar-refractivity contribution < 1.29 is 9.94 Å². The molecule has 0 saturated carbocycles. The lowest BCUT2D eigenvalue weighted by atomic mass is 10.2. The second-order valence-corrected chi connectivity index (χ2v) is 2.65. The first-order valence-electron chi connectivity index (χ1n) is 4.35. The van der Waals surface area contributed by atoms with E-state index in [1.54, 1.807) is 0 Å². The Hall–Kier alpha value is -0.770. The molecule has 0 aromatic heterocycles. The molecular weight excluding hydrogens is 156 g/mol. The highest BCUT2D eigenvalue weighted by atomic mass is 16.5. The van der Waals surface area contributed by atoms with E-state index in [1.807, 2.05) is 6.92 Å². The van der Waals surface area contributed by atoms with Gasteiger partial charge in [0.25, 0.3) is 0 Å². The molecule has 0 spiro atoms. The van der Waals surface area contributed by atoms with E-state index in [9.17, 15) is 0 Å². The van der Waals surface area contributed by atoms with E-state index < -0.39 is 0 Å². The van der Waals surface area contributed by atoms with Crippen LogP contribution in [0.3, 0.4) is 0 Å². The molecule has 0 fully saturated rings. The molecule has 72 valence electrons. The third-order valence-corrected chi connectivity index (χ3v) is 1.63. The van der Waals surface area contributed by atoms with Gasteiger partial charge in [-0.2, -0.15) is 0 Å². The molecule has 0 aromatic carbocycles. The molecule has 0 bridgehead atoms. The molecule has 1 atom stereocenters. The zero-order valence-electron chi connectivity index (χ0n) is 7.79. The molecular formula is C8H18N2O2. The number of nitrogens with two attached hydrogens (primary N) is 1. The Morgan fingerprint density at radius 2 is 2.25 bits per heavy atom. The highest BCUT2D eigenvalue weighted by Gasteiger charge is 2.10. The van der Waals surface area contributed by atoms with Gasteiger partial charge in [0.1, 0.15) is 6.10 Å². The highest BCUT2D eigenvalue weighted by molar-refractivity contribution is 5.84. The normalized spacial score (nSPS) is 14.7. The number of hydrogen-bond donors (Lipinski definition) is 2. The van der Waals surface area contributed by atoms with Gasteiger partial charge in [0.2, 0.25) is 0 Å². The van der Waals surface area contributed by atoms with Gasteiger partial charge in [-0.05, 0) is 12.8 Å². The fourth-order valence-corrected chi connectivity index (χ4v) is 0.847. The Kier molecular flexibility index (Phi) is 6.47. The smallest absolute Gasteiger partial charge is 0.168 e. The van der Waals surface area contributed by atoms with Gasteiger partial charge in [0.05, 0.1) is 0 Å². The largest absolute Gasteiger partial charge is 0.409 e. The zero-order valence-corrected chi connectivity index (χ0v) is 7.79. The molecule has 0 radical (unpaired) electrons. The lowest BCUT2D eigenvalue weighted by Crippen LogP contribution is -2.31. The van der Waals surface area contributed by atoms with Gasteiger partial charge in [0, 0.05) is 6.61 Å².